The minimum absolute atomic E-state index is 0.00555. The van der Waals surface area contributed by atoms with Gasteiger partial charge in [0, 0.05) is 12.1 Å². The van der Waals surface area contributed by atoms with Gasteiger partial charge < -0.3 is 19.5 Å². The third-order valence-electron chi connectivity index (χ3n) is 4.64. The molecule has 34 heavy (non-hydrogen) atoms. The van der Waals surface area contributed by atoms with Gasteiger partial charge in [-0.2, -0.15) is 0 Å². The number of thiophene rings is 1. The van der Waals surface area contributed by atoms with Crippen molar-refractivity contribution in [3.05, 3.63) is 65.3 Å². The standard InChI is InChI=1S/C22H21FN2O7S2/c1-30-18-11-16(22(27)32-3)17(12-19(18)31-2)24-20(26)13-25(15-8-6-14(23)7-9-15)34(28,29)21-5-4-10-33-21/h4-12H,13H2,1-3H3,(H,24,26). The first-order chi connectivity index (χ1) is 16.2. The zero-order valence-corrected chi connectivity index (χ0v) is 20.0. The first-order valence-electron chi connectivity index (χ1n) is 9.67. The molecule has 0 bridgehead atoms. The molecule has 0 aliphatic carbocycles. The summed E-state index contributed by atoms with van der Waals surface area (Å²) >= 11 is 0.978. The van der Waals surface area contributed by atoms with Gasteiger partial charge in [0.1, 0.15) is 16.6 Å². The molecule has 3 aromatic rings. The van der Waals surface area contributed by atoms with E-state index in [4.69, 9.17) is 14.2 Å². The number of nitrogens with zero attached hydrogens (tertiary/aromatic N) is 1. The summed E-state index contributed by atoms with van der Waals surface area (Å²) in [6.07, 6.45) is 0. The summed E-state index contributed by atoms with van der Waals surface area (Å²) in [5, 5.41) is 4.11. The minimum atomic E-state index is -4.13. The maximum Gasteiger partial charge on any atom is 0.340 e. The number of hydrogen-bond donors (Lipinski definition) is 1. The van der Waals surface area contributed by atoms with Gasteiger partial charge in [0.25, 0.3) is 10.0 Å². The number of hydrogen-bond acceptors (Lipinski definition) is 8. The number of methoxy groups -OCH3 is 3. The molecule has 3 rings (SSSR count). The van der Waals surface area contributed by atoms with Crippen LogP contribution in [0, 0.1) is 5.82 Å². The van der Waals surface area contributed by atoms with Gasteiger partial charge >= 0.3 is 5.97 Å². The van der Waals surface area contributed by atoms with E-state index in [1.807, 2.05) is 0 Å². The van der Waals surface area contributed by atoms with Gasteiger partial charge in [-0.25, -0.2) is 17.6 Å². The van der Waals surface area contributed by atoms with Crippen LogP contribution < -0.4 is 19.1 Å². The molecule has 1 aromatic heterocycles. The molecule has 0 aliphatic heterocycles. The summed E-state index contributed by atoms with van der Waals surface area (Å²) in [6.45, 7) is -0.652. The van der Waals surface area contributed by atoms with Crippen LogP contribution >= 0.6 is 11.3 Å². The summed E-state index contributed by atoms with van der Waals surface area (Å²) < 4.78 is 55.9. The monoisotopic (exact) mass is 508 g/mol. The number of carbonyl (C=O) groups is 2. The zero-order chi connectivity index (χ0) is 24.9. The molecule has 2 aromatic carbocycles. The fraction of sp³-hybridized carbons (Fsp3) is 0.182. The maximum absolute atomic E-state index is 13.4. The van der Waals surface area contributed by atoms with Crippen LogP contribution in [0.3, 0.4) is 0 Å². The molecule has 0 saturated carbocycles. The smallest absolute Gasteiger partial charge is 0.340 e. The van der Waals surface area contributed by atoms with E-state index in [0.29, 0.717) is 0 Å². The van der Waals surface area contributed by atoms with Crippen LogP contribution in [0.4, 0.5) is 15.8 Å². The molecule has 1 heterocycles. The lowest BCUT2D eigenvalue weighted by atomic mass is 10.1. The Hall–Kier alpha value is -3.64. The van der Waals surface area contributed by atoms with E-state index >= 15 is 0 Å². The molecule has 0 spiro atoms. The van der Waals surface area contributed by atoms with Crippen LogP contribution in [0.5, 0.6) is 11.5 Å². The predicted octanol–water partition coefficient (Wildman–Crippen LogP) is 3.53. The summed E-state index contributed by atoms with van der Waals surface area (Å²) in [4.78, 5) is 25.2. The van der Waals surface area contributed by atoms with E-state index < -0.39 is 34.3 Å². The van der Waals surface area contributed by atoms with E-state index in [2.05, 4.69) is 5.32 Å². The van der Waals surface area contributed by atoms with Gasteiger partial charge in [-0.15, -0.1) is 11.3 Å². The molecule has 180 valence electrons. The van der Waals surface area contributed by atoms with Crippen LogP contribution in [0.15, 0.2) is 58.1 Å². The minimum Gasteiger partial charge on any atom is -0.493 e. The molecular formula is C22H21FN2O7S2. The van der Waals surface area contributed by atoms with Crippen LogP contribution in [0.1, 0.15) is 10.4 Å². The summed E-state index contributed by atoms with van der Waals surface area (Å²) in [5.41, 5.74) is 0.0930. The van der Waals surface area contributed by atoms with Gasteiger partial charge in [0.05, 0.1) is 38.3 Å². The Balaban J connectivity index is 1.98. The van der Waals surface area contributed by atoms with E-state index in [9.17, 15) is 22.4 Å². The number of amides is 1. The van der Waals surface area contributed by atoms with Crippen molar-refractivity contribution in [2.45, 2.75) is 4.21 Å². The number of esters is 1. The third kappa shape index (κ3) is 5.29. The van der Waals surface area contributed by atoms with Crippen molar-refractivity contribution in [2.75, 3.05) is 37.5 Å². The Kier molecular flexibility index (Phi) is 7.74. The number of rotatable bonds is 9. The molecule has 0 atom stereocenters. The van der Waals surface area contributed by atoms with Gasteiger partial charge in [0.2, 0.25) is 5.91 Å². The number of benzene rings is 2. The highest BCUT2D eigenvalue weighted by atomic mass is 32.2. The van der Waals surface area contributed by atoms with Crippen LogP contribution in [0.2, 0.25) is 0 Å². The Labute approximate surface area is 199 Å². The molecule has 0 aliphatic rings. The fourth-order valence-corrected chi connectivity index (χ4v) is 5.55. The maximum atomic E-state index is 13.4. The molecule has 0 saturated heterocycles. The number of sulfonamides is 1. The van der Waals surface area contributed by atoms with Gasteiger partial charge in [-0.1, -0.05) is 6.07 Å². The first-order valence-corrected chi connectivity index (χ1v) is 12.0. The average molecular weight is 509 g/mol. The first kappa shape index (κ1) is 25.0. The zero-order valence-electron chi connectivity index (χ0n) is 18.4. The number of halogens is 1. The SMILES string of the molecule is COC(=O)c1cc(OC)c(OC)cc1NC(=O)CN(c1ccc(F)cc1)S(=O)(=O)c1cccs1. The molecule has 9 nitrogen and oxygen atoms in total. The molecular weight excluding hydrogens is 487 g/mol. The van der Waals surface area contributed by atoms with Crippen molar-refractivity contribution >= 4 is 44.6 Å². The topological polar surface area (TPSA) is 111 Å². The molecule has 1 amide bonds. The third-order valence-corrected chi connectivity index (χ3v) is 7.79. The van der Waals surface area contributed by atoms with E-state index in [-0.39, 0.29) is 32.6 Å². The largest absolute Gasteiger partial charge is 0.493 e. The second-order valence-electron chi connectivity index (χ2n) is 6.71. The van der Waals surface area contributed by atoms with Crippen LogP contribution in [0.25, 0.3) is 0 Å². The molecule has 1 N–H and O–H groups in total. The van der Waals surface area contributed by atoms with Gasteiger partial charge in [-0.05, 0) is 35.7 Å². The fourth-order valence-electron chi connectivity index (χ4n) is 3.02. The van der Waals surface area contributed by atoms with Gasteiger partial charge in [-0.3, -0.25) is 9.10 Å². The lowest BCUT2D eigenvalue weighted by Crippen LogP contribution is -2.38. The molecule has 0 radical (unpaired) electrons. The number of nitrogens with one attached hydrogen (secondary N) is 1. The van der Waals surface area contributed by atoms with Crippen molar-refractivity contribution in [3.63, 3.8) is 0 Å². The van der Waals surface area contributed by atoms with Crippen molar-refractivity contribution in [1.29, 1.82) is 0 Å². The highest BCUT2D eigenvalue weighted by Gasteiger charge is 2.29. The molecule has 0 fully saturated rings. The highest BCUT2D eigenvalue weighted by molar-refractivity contribution is 7.94. The molecule has 12 heteroatoms. The van der Waals surface area contributed by atoms with Crippen molar-refractivity contribution in [3.8, 4) is 11.5 Å². The second kappa shape index (κ2) is 10.5. The molecule has 0 unspecified atom stereocenters. The van der Waals surface area contributed by atoms with Crippen LogP contribution in [-0.4, -0.2) is 48.2 Å². The Morgan fingerprint density at radius 2 is 1.68 bits per heavy atom. The normalized spacial score (nSPS) is 10.9. The van der Waals surface area contributed by atoms with Crippen molar-refractivity contribution in [1.82, 2.24) is 0 Å². The van der Waals surface area contributed by atoms with Crippen molar-refractivity contribution in [2.24, 2.45) is 0 Å². The summed E-state index contributed by atoms with van der Waals surface area (Å²) in [6, 6.07) is 10.3. The van der Waals surface area contributed by atoms with Crippen molar-refractivity contribution < 1.29 is 36.6 Å². The van der Waals surface area contributed by atoms with E-state index in [1.165, 1.54) is 51.7 Å². The quantitative estimate of drug-likeness (QED) is 0.440. The lowest BCUT2D eigenvalue weighted by molar-refractivity contribution is -0.114. The number of anilines is 2. The van der Waals surface area contributed by atoms with Crippen LogP contribution in [-0.2, 0) is 19.6 Å². The summed E-state index contributed by atoms with van der Waals surface area (Å²) in [7, 11) is -0.196. The number of ether oxygens (including phenoxy) is 3. The predicted molar refractivity (Wildman–Crippen MR) is 125 cm³/mol. The van der Waals surface area contributed by atoms with E-state index in [0.717, 1.165) is 27.8 Å². The van der Waals surface area contributed by atoms with E-state index in [1.54, 1.807) is 11.4 Å². The second-order valence-corrected chi connectivity index (χ2v) is 9.75. The Bertz CT molecular complexity index is 1280. The lowest BCUT2D eigenvalue weighted by Gasteiger charge is -2.23. The average Bonchev–Trinajstić information content (AvgIpc) is 3.38. The van der Waals surface area contributed by atoms with Gasteiger partial charge in [0.15, 0.2) is 11.5 Å². The number of carbonyl (C=O) groups excluding carboxylic acids is 2. The Morgan fingerprint density at radius 3 is 2.24 bits per heavy atom. The summed E-state index contributed by atoms with van der Waals surface area (Å²) in [5.74, 6) is -1.62. The highest BCUT2D eigenvalue weighted by Crippen LogP contribution is 2.34. The Morgan fingerprint density at radius 1 is 1.03 bits per heavy atom.